The van der Waals surface area contributed by atoms with Gasteiger partial charge in [0.25, 0.3) is 5.91 Å². The van der Waals surface area contributed by atoms with E-state index in [0.29, 0.717) is 12.2 Å². The number of nitrogens with zero attached hydrogens (tertiary/aromatic N) is 2. The second-order valence-corrected chi connectivity index (χ2v) is 8.80. The standard InChI is InChI=1S/C22H31N5O7/c1-12(2)8-15(18(28)22(4)11-33-22)25-19(29)14(6-7-23)24-21(31)17(10-32-5)26-20(30)16-9-13(3)34-27-16/h9,12,14-15,17H,6,8,10-11H2,1-5H3,(H,24,31)(H,25,29)(H,26,30). The molecule has 2 rings (SSSR count). The summed E-state index contributed by atoms with van der Waals surface area (Å²) in [4.78, 5) is 50.9. The lowest BCUT2D eigenvalue weighted by Crippen LogP contribution is -2.57. The molecule has 1 aromatic heterocycles. The summed E-state index contributed by atoms with van der Waals surface area (Å²) in [5.74, 6) is -1.84. The Morgan fingerprint density at radius 2 is 1.79 bits per heavy atom. The average molecular weight is 478 g/mol. The second kappa shape index (κ2) is 11.7. The molecule has 1 aliphatic rings. The van der Waals surface area contributed by atoms with Crippen LogP contribution in [0.25, 0.3) is 0 Å². The van der Waals surface area contributed by atoms with Crippen molar-refractivity contribution in [1.29, 1.82) is 5.26 Å². The highest BCUT2D eigenvalue weighted by atomic mass is 16.6. The number of hydrogen-bond acceptors (Lipinski definition) is 9. The number of hydrogen-bond donors (Lipinski definition) is 3. The van der Waals surface area contributed by atoms with Crippen LogP contribution in [0.5, 0.6) is 0 Å². The molecule has 1 saturated heterocycles. The van der Waals surface area contributed by atoms with Crippen molar-refractivity contribution in [3.05, 3.63) is 17.5 Å². The van der Waals surface area contributed by atoms with Crippen LogP contribution < -0.4 is 16.0 Å². The summed E-state index contributed by atoms with van der Waals surface area (Å²) in [5.41, 5.74) is -0.961. The Labute approximate surface area is 197 Å². The quantitative estimate of drug-likeness (QED) is 0.330. The Morgan fingerprint density at radius 3 is 2.29 bits per heavy atom. The van der Waals surface area contributed by atoms with Crippen LogP contribution in [0.4, 0.5) is 0 Å². The van der Waals surface area contributed by atoms with Crippen molar-refractivity contribution in [2.75, 3.05) is 20.3 Å². The van der Waals surface area contributed by atoms with Crippen molar-refractivity contribution in [3.8, 4) is 6.07 Å². The average Bonchev–Trinajstić information content (AvgIpc) is 3.37. The Kier molecular flexibility index (Phi) is 9.28. The predicted octanol–water partition coefficient (Wildman–Crippen LogP) is 0.0152. The van der Waals surface area contributed by atoms with E-state index in [0.717, 1.165) is 0 Å². The minimum atomic E-state index is -1.25. The third-order valence-electron chi connectivity index (χ3n) is 5.18. The summed E-state index contributed by atoms with van der Waals surface area (Å²) in [5, 5.41) is 20.4. The molecule has 4 unspecified atom stereocenters. The van der Waals surface area contributed by atoms with Gasteiger partial charge in [-0.1, -0.05) is 19.0 Å². The lowest BCUT2D eigenvalue weighted by molar-refractivity contribution is -0.133. The molecule has 3 amide bonds. The molecule has 0 aromatic carbocycles. The Hall–Kier alpha value is -3.30. The number of aromatic nitrogens is 1. The van der Waals surface area contributed by atoms with Crippen LogP contribution in [0.3, 0.4) is 0 Å². The molecule has 2 heterocycles. The van der Waals surface area contributed by atoms with Gasteiger partial charge in [-0.3, -0.25) is 19.2 Å². The summed E-state index contributed by atoms with van der Waals surface area (Å²) in [7, 11) is 1.34. The fourth-order valence-corrected chi connectivity index (χ4v) is 3.22. The first-order valence-corrected chi connectivity index (χ1v) is 10.9. The van der Waals surface area contributed by atoms with Gasteiger partial charge in [0.05, 0.1) is 31.7 Å². The molecule has 4 atom stereocenters. The monoisotopic (exact) mass is 477 g/mol. The molecule has 1 aliphatic heterocycles. The van der Waals surface area contributed by atoms with E-state index >= 15 is 0 Å². The largest absolute Gasteiger partial charge is 0.382 e. The van der Waals surface area contributed by atoms with Crippen molar-refractivity contribution >= 4 is 23.5 Å². The number of ether oxygens (including phenoxy) is 2. The number of carbonyl (C=O) groups is 4. The molecule has 0 saturated carbocycles. The molecule has 12 heteroatoms. The minimum absolute atomic E-state index is 0.0245. The Morgan fingerprint density at radius 1 is 1.18 bits per heavy atom. The number of nitriles is 1. The first-order chi connectivity index (χ1) is 16.0. The number of epoxide rings is 1. The van der Waals surface area contributed by atoms with Gasteiger partial charge < -0.3 is 29.9 Å². The molecule has 0 spiro atoms. The number of Topliss-reactive ketones (excluding diaryl/α,β-unsaturated/α-hetero) is 1. The molecule has 0 bridgehead atoms. The number of methoxy groups -OCH3 is 1. The number of nitrogens with one attached hydrogen (secondary N) is 3. The van der Waals surface area contributed by atoms with Crippen LogP contribution in [0.15, 0.2) is 10.6 Å². The van der Waals surface area contributed by atoms with Crippen LogP contribution in [0.2, 0.25) is 0 Å². The number of ketones is 1. The third kappa shape index (κ3) is 7.36. The number of rotatable bonds is 13. The van der Waals surface area contributed by atoms with E-state index in [2.05, 4.69) is 21.1 Å². The summed E-state index contributed by atoms with van der Waals surface area (Å²) in [6, 6.07) is 0.00284. The number of aryl methyl sites for hydroxylation is 1. The van der Waals surface area contributed by atoms with Gasteiger partial charge in [-0.15, -0.1) is 0 Å². The fraction of sp³-hybridized carbons (Fsp3) is 0.636. The van der Waals surface area contributed by atoms with E-state index in [9.17, 15) is 24.4 Å². The second-order valence-electron chi connectivity index (χ2n) is 8.80. The maximum Gasteiger partial charge on any atom is 0.274 e. The molecule has 1 aromatic rings. The molecule has 186 valence electrons. The molecule has 0 radical (unpaired) electrons. The maximum absolute atomic E-state index is 12.9. The summed E-state index contributed by atoms with van der Waals surface area (Å²) in [6.07, 6.45) is 0.0281. The number of carbonyl (C=O) groups excluding carboxylic acids is 4. The topological polar surface area (TPSA) is 176 Å². The molecular formula is C22H31N5O7. The van der Waals surface area contributed by atoms with E-state index in [1.807, 2.05) is 19.9 Å². The molecule has 1 fully saturated rings. The summed E-state index contributed by atoms with van der Waals surface area (Å²) >= 11 is 0. The zero-order chi connectivity index (χ0) is 25.5. The number of amides is 3. The van der Waals surface area contributed by atoms with Gasteiger partial charge in [0.2, 0.25) is 11.8 Å². The zero-order valence-corrected chi connectivity index (χ0v) is 20.0. The van der Waals surface area contributed by atoms with E-state index in [1.54, 1.807) is 13.8 Å². The Bertz CT molecular complexity index is 948. The van der Waals surface area contributed by atoms with Gasteiger partial charge in [-0.2, -0.15) is 5.26 Å². The molecular weight excluding hydrogens is 446 g/mol. The van der Waals surface area contributed by atoms with Crippen LogP contribution in [0.1, 0.15) is 49.9 Å². The van der Waals surface area contributed by atoms with E-state index < -0.39 is 41.4 Å². The van der Waals surface area contributed by atoms with Crippen molar-refractivity contribution in [3.63, 3.8) is 0 Å². The van der Waals surface area contributed by atoms with E-state index in [1.165, 1.54) is 13.2 Å². The summed E-state index contributed by atoms with van der Waals surface area (Å²) in [6.45, 7) is 7.16. The van der Waals surface area contributed by atoms with Crippen molar-refractivity contribution in [1.82, 2.24) is 21.1 Å². The van der Waals surface area contributed by atoms with Gasteiger partial charge in [0.1, 0.15) is 23.4 Å². The van der Waals surface area contributed by atoms with Gasteiger partial charge in [0.15, 0.2) is 11.5 Å². The lowest BCUT2D eigenvalue weighted by atomic mass is 9.93. The SMILES string of the molecule is COCC(NC(=O)c1cc(C)on1)C(=O)NC(CC#N)C(=O)NC(CC(C)C)C(=O)C1(C)CO1. The smallest absolute Gasteiger partial charge is 0.274 e. The van der Waals surface area contributed by atoms with Crippen LogP contribution in [0, 0.1) is 24.2 Å². The minimum Gasteiger partial charge on any atom is -0.382 e. The predicted molar refractivity (Wildman–Crippen MR) is 117 cm³/mol. The highest BCUT2D eigenvalue weighted by molar-refractivity contribution is 5.99. The third-order valence-corrected chi connectivity index (χ3v) is 5.18. The van der Waals surface area contributed by atoms with Gasteiger partial charge in [-0.25, -0.2) is 0 Å². The normalized spacial score (nSPS) is 19.4. The Balaban J connectivity index is 2.09. The van der Waals surface area contributed by atoms with Gasteiger partial charge in [-0.05, 0) is 26.2 Å². The van der Waals surface area contributed by atoms with Crippen molar-refractivity contribution < 1.29 is 33.2 Å². The zero-order valence-electron chi connectivity index (χ0n) is 20.0. The van der Waals surface area contributed by atoms with Crippen molar-refractivity contribution in [2.45, 2.75) is 64.3 Å². The van der Waals surface area contributed by atoms with Crippen LogP contribution >= 0.6 is 0 Å². The first kappa shape index (κ1) is 26.9. The fourth-order valence-electron chi connectivity index (χ4n) is 3.22. The molecule has 34 heavy (non-hydrogen) atoms. The highest BCUT2D eigenvalue weighted by Gasteiger charge is 2.50. The van der Waals surface area contributed by atoms with E-state index in [-0.39, 0.29) is 37.0 Å². The van der Waals surface area contributed by atoms with E-state index in [4.69, 9.17) is 14.0 Å². The highest BCUT2D eigenvalue weighted by Crippen LogP contribution is 2.29. The lowest BCUT2D eigenvalue weighted by Gasteiger charge is -2.25. The summed E-state index contributed by atoms with van der Waals surface area (Å²) < 4.78 is 15.1. The van der Waals surface area contributed by atoms with Crippen LogP contribution in [-0.4, -0.2) is 72.7 Å². The molecule has 3 N–H and O–H groups in total. The maximum atomic E-state index is 12.9. The van der Waals surface area contributed by atoms with Crippen LogP contribution in [-0.2, 0) is 23.9 Å². The first-order valence-electron chi connectivity index (χ1n) is 10.9. The molecule has 12 nitrogen and oxygen atoms in total. The van der Waals surface area contributed by atoms with Crippen molar-refractivity contribution in [2.24, 2.45) is 5.92 Å². The van der Waals surface area contributed by atoms with Gasteiger partial charge in [0, 0.05) is 13.2 Å². The van der Waals surface area contributed by atoms with Gasteiger partial charge >= 0.3 is 0 Å². The molecule has 0 aliphatic carbocycles.